The lowest BCUT2D eigenvalue weighted by Crippen LogP contribution is -2.36. The molecule has 0 aliphatic rings. The molecule has 0 amide bonds. The molecular weight excluding hydrogens is 264 g/mol. The van der Waals surface area contributed by atoms with E-state index in [-0.39, 0.29) is 6.04 Å². The molecule has 0 fully saturated rings. The predicted molar refractivity (Wildman–Crippen MR) is 84.1 cm³/mol. The lowest BCUT2D eigenvalue weighted by molar-refractivity contribution is 0.247. The highest BCUT2D eigenvalue weighted by Crippen LogP contribution is 2.20. The Labute approximate surface area is 127 Å². The average molecular weight is 290 g/mol. The van der Waals surface area contributed by atoms with E-state index < -0.39 is 0 Å². The van der Waals surface area contributed by atoms with E-state index >= 15 is 0 Å². The highest BCUT2D eigenvalue weighted by Gasteiger charge is 2.20. The Morgan fingerprint density at radius 3 is 2.86 bits per heavy atom. The maximum atomic E-state index is 5.57. The Morgan fingerprint density at radius 1 is 1.48 bits per heavy atom. The summed E-state index contributed by atoms with van der Waals surface area (Å²) in [7, 11) is 4.17. The van der Waals surface area contributed by atoms with Crippen LogP contribution in [0.4, 0.5) is 0 Å². The van der Waals surface area contributed by atoms with Gasteiger partial charge in [0.05, 0.1) is 6.26 Å². The minimum absolute atomic E-state index is 0.00895. The first kappa shape index (κ1) is 15.8. The fraction of sp³-hybridized carbons (Fsp3) is 0.562. The van der Waals surface area contributed by atoms with Crippen LogP contribution in [-0.4, -0.2) is 40.6 Å². The van der Waals surface area contributed by atoms with Gasteiger partial charge in [0.2, 0.25) is 0 Å². The molecule has 0 spiro atoms. The molecule has 21 heavy (non-hydrogen) atoms. The largest absolute Gasteiger partial charge is 0.467 e. The molecule has 0 bridgehead atoms. The van der Waals surface area contributed by atoms with Crippen LogP contribution in [0.1, 0.15) is 37.9 Å². The second-order valence-corrected chi connectivity index (χ2v) is 5.54. The Morgan fingerprint density at radius 2 is 2.29 bits per heavy atom. The van der Waals surface area contributed by atoms with Gasteiger partial charge in [0, 0.05) is 38.6 Å². The van der Waals surface area contributed by atoms with Crippen molar-refractivity contribution in [2.24, 2.45) is 7.05 Å². The van der Waals surface area contributed by atoms with Crippen LogP contribution >= 0.6 is 0 Å². The number of imidazole rings is 1. The average Bonchev–Trinajstić information content (AvgIpc) is 3.14. The fourth-order valence-corrected chi connectivity index (χ4v) is 2.35. The van der Waals surface area contributed by atoms with Gasteiger partial charge in [-0.25, -0.2) is 4.98 Å². The molecule has 2 rings (SSSR count). The van der Waals surface area contributed by atoms with Crippen molar-refractivity contribution in [1.82, 2.24) is 19.8 Å². The zero-order valence-electron chi connectivity index (χ0n) is 13.4. The summed E-state index contributed by atoms with van der Waals surface area (Å²) < 4.78 is 7.60. The summed E-state index contributed by atoms with van der Waals surface area (Å²) in [6.07, 6.45) is 6.65. The molecule has 2 heterocycles. The first-order valence-corrected chi connectivity index (χ1v) is 7.57. The summed E-state index contributed by atoms with van der Waals surface area (Å²) in [5, 5.41) is 3.56. The van der Waals surface area contributed by atoms with Crippen LogP contribution in [0.3, 0.4) is 0 Å². The molecule has 5 heteroatoms. The van der Waals surface area contributed by atoms with Crippen LogP contribution in [0.5, 0.6) is 0 Å². The van der Waals surface area contributed by atoms with Gasteiger partial charge in [0.25, 0.3) is 0 Å². The summed E-state index contributed by atoms with van der Waals surface area (Å²) in [5.74, 6) is 1.87. The monoisotopic (exact) mass is 290 g/mol. The Hall–Kier alpha value is -1.59. The van der Waals surface area contributed by atoms with E-state index in [1.807, 2.05) is 36.1 Å². The molecule has 0 aliphatic heterocycles. The van der Waals surface area contributed by atoms with E-state index in [4.69, 9.17) is 4.42 Å². The minimum atomic E-state index is -0.00895. The van der Waals surface area contributed by atoms with Crippen molar-refractivity contribution in [3.05, 3.63) is 42.4 Å². The number of furan rings is 1. The molecule has 0 aliphatic carbocycles. The van der Waals surface area contributed by atoms with Gasteiger partial charge in [-0.3, -0.25) is 5.32 Å². The zero-order chi connectivity index (χ0) is 15.2. The molecule has 2 aromatic rings. The molecule has 1 N–H and O–H groups in total. The van der Waals surface area contributed by atoms with Crippen molar-refractivity contribution in [3.63, 3.8) is 0 Å². The van der Waals surface area contributed by atoms with Gasteiger partial charge in [-0.1, -0.05) is 6.92 Å². The third-order valence-electron chi connectivity index (χ3n) is 4.10. The molecule has 0 aromatic carbocycles. The van der Waals surface area contributed by atoms with E-state index in [1.54, 1.807) is 6.26 Å². The molecule has 2 atom stereocenters. The molecule has 2 unspecified atom stereocenters. The quantitative estimate of drug-likeness (QED) is 0.811. The maximum absolute atomic E-state index is 5.57. The SMILES string of the molecule is CCC(C)N(C)CCNC(c1ccco1)c1nccn1C. The first-order chi connectivity index (χ1) is 10.1. The van der Waals surface area contributed by atoms with E-state index in [1.165, 1.54) is 0 Å². The number of hydrogen-bond acceptors (Lipinski definition) is 4. The normalized spacial score (nSPS) is 14.5. The van der Waals surface area contributed by atoms with Crippen LogP contribution in [0.25, 0.3) is 0 Å². The van der Waals surface area contributed by atoms with Gasteiger partial charge < -0.3 is 13.9 Å². The van der Waals surface area contributed by atoms with Crippen molar-refractivity contribution in [2.45, 2.75) is 32.4 Å². The zero-order valence-corrected chi connectivity index (χ0v) is 13.4. The Kier molecular flexibility index (Phi) is 5.59. The molecule has 0 saturated heterocycles. The standard InChI is InChI=1S/C16H26N4O/c1-5-13(2)19(3)10-8-17-15(14-7-6-12-21-14)16-18-9-11-20(16)4/h6-7,9,11-13,15,17H,5,8,10H2,1-4H3. The number of likely N-dealkylation sites (N-methyl/N-ethyl adjacent to an activating group) is 1. The topological polar surface area (TPSA) is 46.2 Å². The lowest BCUT2D eigenvalue weighted by Gasteiger charge is -2.25. The third-order valence-corrected chi connectivity index (χ3v) is 4.10. The molecule has 5 nitrogen and oxygen atoms in total. The lowest BCUT2D eigenvalue weighted by atomic mass is 10.2. The predicted octanol–water partition coefficient (Wildman–Crippen LogP) is 2.42. The van der Waals surface area contributed by atoms with E-state index in [0.29, 0.717) is 6.04 Å². The summed E-state index contributed by atoms with van der Waals surface area (Å²) in [4.78, 5) is 6.81. The van der Waals surface area contributed by atoms with Gasteiger partial charge >= 0.3 is 0 Å². The third kappa shape index (κ3) is 3.95. The number of aryl methyl sites for hydroxylation is 1. The van der Waals surface area contributed by atoms with E-state index in [2.05, 4.69) is 36.1 Å². The Balaban J connectivity index is 2.00. The first-order valence-electron chi connectivity index (χ1n) is 7.57. The Bertz CT molecular complexity index is 520. The number of hydrogen-bond donors (Lipinski definition) is 1. The summed E-state index contributed by atoms with van der Waals surface area (Å²) in [5.41, 5.74) is 0. The summed E-state index contributed by atoms with van der Waals surface area (Å²) in [6, 6.07) is 4.50. The van der Waals surface area contributed by atoms with Crippen LogP contribution in [-0.2, 0) is 7.05 Å². The van der Waals surface area contributed by atoms with Gasteiger partial charge in [0.1, 0.15) is 17.6 Å². The second-order valence-electron chi connectivity index (χ2n) is 5.54. The van der Waals surface area contributed by atoms with Crippen LogP contribution in [0, 0.1) is 0 Å². The summed E-state index contributed by atoms with van der Waals surface area (Å²) >= 11 is 0. The molecule has 0 radical (unpaired) electrons. The van der Waals surface area contributed by atoms with Crippen molar-refractivity contribution < 1.29 is 4.42 Å². The number of nitrogens with zero attached hydrogens (tertiary/aromatic N) is 3. The highest BCUT2D eigenvalue weighted by molar-refractivity contribution is 5.15. The van der Waals surface area contributed by atoms with Gasteiger partial charge in [-0.2, -0.15) is 0 Å². The molecule has 0 saturated carbocycles. The van der Waals surface area contributed by atoms with Crippen molar-refractivity contribution in [1.29, 1.82) is 0 Å². The van der Waals surface area contributed by atoms with Crippen LogP contribution in [0.15, 0.2) is 35.2 Å². The second kappa shape index (κ2) is 7.43. The van der Waals surface area contributed by atoms with Gasteiger partial charge in [0.15, 0.2) is 0 Å². The number of nitrogens with one attached hydrogen (secondary N) is 1. The molecular formula is C16H26N4O. The van der Waals surface area contributed by atoms with Crippen molar-refractivity contribution in [3.8, 4) is 0 Å². The minimum Gasteiger partial charge on any atom is -0.467 e. The number of aromatic nitrogens is 2. The smallest absolute Gasteiger partial charge is 0.133 e. The van der Waals surface area contributed by atoms with Gasteiger partial charge in [-0.15, -0.1) is 0 Å². The van der Waals surface area contributed by atoms with Crippen molar-refractivity contribution >= 4 is 0 Å². The van der Waals surface area contributed by atoms with Crippen molar-refractivity contribution in [2.75, 3.05) is 20.1 Å². The van der Waals surface area contributed by atoms with Gasteiger partial charge in [-0.05, 0) is 32.5 Å². The van der Waals surface area contributed by atoms with Crippen LogP contribution in [0.2, 0.25) is 0 Å². The maximum Gasteiger partial charge on any atom is 0.133 e. The molecule has 2 aromatic heterocycles. The number of rotatable bonds is 8. The highest BCUT2D eigenvalue weighted by atomic mass is 16.3. The summed E-state index contributed by atoms with van der Waals surface area (Å²) in [6.45, 7) is 6.35. The van der Waals surface area contributed by atoms with E-state index in [0.717, 1.165) is 31.1 Å². The fourth-order valence-electron chi connectivity index (χ4n) is 2.35. The molecule has 116 valence electrons. The van der Waals surface area contributed by atoms with Crippen LogP contribution < -0.4 is 5.32 Å². The van der Waals surface area contributed by atoms with E-state index in [9.17, 15) is 0 Å².